The summed E-state index contributed by atoms with van der Waals surface area (Å²) in [5.74, 6) is 0.808. The molecule has 9 heteroatoms. The van der Waals surface area contributed by atoms with E-state index in [9.17, 15) is 0 Å². The quantitative estimate of drug-likeness (QED) is 0.785. The SMILES string of the molecule is CC(Nc1nc(Cl)nc(-n2ccnc2)n1)c1ccc(Cl)s1. The number of aromatic nitrogens is 5. The van der Waals surface area contributed by atoms with Crippen molar-refractivity contribution >= 4 is 40.5 Å². The van der Waals surface area contributed by atoms with Crippen molar-refractivity contribution in [2.24, 2.45) is 0 Å². The molecule has 0 fully saturated rings. The summed E-state index contributed by atoms with van der Waals surface area (Å²) in [5.41, 5.74) is 0. The molecule has 1 atom stereocenters. The second-order valence-corrected chi connectivity index (χ2v) is 6.29. The fraction of sp³-hybridized carbons (Fsp3) is 0.167. The molecule has 0 radical (unpaired) electrons. The number of anilines is 1. The monoisotopic (exact) mass is 340 g/mol. The van der Waals surface area contributed by atoms with Crippen LogP contribution in [-0.4, -0.2) is 24.5 Å². The molecule has 108 valence electrons. The van der Waals surface area contributed by atoms with Crippen molar-refractivity contribution in [1.82, 2.24) is 24.5 Å². The minimum atomic E-state index is 0.0107. The maximum Gasteiger partial charge on any atom is 0.241 e. The van der Waals surface area contributed by atoms with Gasteiger partial charge in [0.05, 0.1) is 10.4 Å². The van der Waals surface area contributed by atoms with E-state index in [1.165, 1.54) is 11.3 Å². The van der Waals surface area contributed by atoms with Gasteiger partial charge in [0, 0.05) is 17.3 Å². The lowest BCUT2D eigenvalue weighted by atomic mass is 10.3. The number of hydrogen-bond donors (Lipinski definition) is 1. The van der Waals surface area contributed by atoms with Crippen LogP contribution in [0, 0.1) is 0 Å². The third-order valence-corrected chi connectivity index (χ3v) is 4.28. The maximum absolute atomic E-state index is 5.95. The van der Waals surface area contributed by atoms with Gasteiger partial charge in [-0.15, -0.1) is 11.3 Å². The predicted octanol–water partition coefficient (Wildman–Crippen LogP) is 3.60. The molecule has 0 aliphatic carbocycles. The molecule has 0 bridgehead atoms. The van der Waals surface area contributed by atoms with Gasteiger partial charge in [-0.1, -0.05) is 11.6 Å². The molecule has 21 heavy (non-hydrogen) atoms. The highest BCUT2D eigenvalue weighted by atomic mass is 35.5. The maximum atomic E-state index is 5.95. The van der Waals surface area contributed by atoms with Gasteiger partial charge in [-0.25, -0.2) is 4.98 Å². The van der Waals surface area contributed by atoms with Crippen LogP contribution in [0.2, 0.25) is 9.62 Å². The topological polar surface area (TPSA) is 68.5 Å². The van der Waals surface area contributed by atoms with Gasteiger partial charge in [0.25, 0.3) is 0 Å². The Kier molecular flexibility index (Phi) is 4.05. The summed E-state index contributed by atoms with van der Waals surface area (Å²) in [4.78, 5) is 17.5. The molecule has 3 heterocycles. The third-order valence-electron chi connectivity index (χ3n) is 2.70. The van der Waals surface area contributed by atoms with Crippen LogP contribution in [0.25, 0.3) is 5.95 Å². The summed E-state index contributed by atoms with van der Waals surface area (Å²) in [6.07, 6.45) is 4.97. The van der Waals surface area contributed by atoms with E-state index in [1.807, 2.05) is 19.1 Å². The van der Waals surface area contributed by atoms with E-state index in [0.29, 0.717) is 11.9 Å². The molecule has 3 rings (SSSR count). The van der Waals surface area contributed by atoms with Crippen LogP contribution in [0.15, 0.2) is 30.9 Å². The summed E-state index contributed by atoms with van der Waals surface area (Å²) in [5, 5.41) is 3.30. The lowest BCUT2D eigenvalue weighted by Crippen LogP contribution is -2.11. The van der Waals surface area contributed by atoms with E-state index in [2.05, 4.69) is 25.3 Å². The van der Waals surface area contributed by atoms with E-state index in [1.54, 1.807) is 23.3 Å². The molecule has 0 aromatic carbocycles. The van der Waals surface area contributed by atoms with Gasteiger partial charge in [-0.2, -0.15) is 15.0 Å². The Bertz CT molecular complexity index is 742. The van der Waals surface area contributed by atoms with Gasteiger partial charge in [0.2, 0.25) is 17.2 Å². The second-order valence-electron chi connectivity index (χ2n) is 4.21. The molecule has 0 saturated heterocycles. The normalized spacial score (nSPS) is 12.3. The van der Waals surface area contributed by atoms with Gasteiger partial charge in [-0.3, -0.25) is 4.57 Å². The summed E-state index contributed by atoms with van der Waals surface area (Å²) in [6.45, 7) is 2.00. The zero-order chi connectivity index (χ0) is 14.8. The fourth-order valence-electron chi connectivity index (χ4n) is 1.72. The first-order chi connectivity index (χ1) is 10.1. The summed E-state index contributed by atoms with van der Waals surface area (Å²) < 4.78 is 2.40. The van der Waals surface area contributed by atoms with Crippen LogP contribution in [0.3, 0.4) is 0 Å². The molecule has 3 aromatic heterocycles. The Morgan fingerprint density at radius 2 is 2.10 bits per heavy atom. The third kappa shape index (κ3) is 3.31. The molecule has 1 N–H and O–H groups in total. The Balaban J connectivity index is 1.85. The number of halogens is 2. The van der Waals surface area contributed by atoms with E-state index in [0.717, 1.165) is 9.21 Å². The van der Waals surface area contributed by atoms with Gasteiger partial charge in [0.1, 0.15) is 6.33 Å². The largest absolute Gasteiger partial charge is 0.347 e. The van der Waals surface area contributed by atoms with Crippen molar-refractivity contribution in [3.63, 3.8) is 0 Å². The minimum absolute atomic E-state index is 0.0107. The van der Waals surface area contributed by atoms with Gasteiger partial charge < -0.3 is 5.32 Å². The number of nitrogens with zero attached hydrogens (tertiary/aromatic N) is 5. The van der Waals surface area contributed by atoms with Gasteiger partial charge in [0.15, 0.2) is 0 Å². The Labute approximate surface area is 134 Å². The molecule has 0 aliphatic rings. The molecular formula is C12H10Cl2N6S. The summed E-state index contributed by atoms with van der Waals surface area (Å²) >= 11 is 13.4. The lowest BCUT2D eigenvalue weighted by Gasteiger charge is -2.12. The van der Waals surface area contributed by atoms with Crippen molar-refractivity contribution in [3.8, 4) is 5.95 Å². The molecule has 0 saturated carbocycles. The van der Waals surface area contributed by atoms with Gasteiger partial charge >= 0.3 is 0 Å². The number of nitrogens with one attached hydrogen (secondary N) is 1. The van der Waals surface area contributed by atoms with E-state index < -0.39 is 0 Å². The van der Waals surface area contributed by atoms with E-state index in [-0.39, 0.29) is 11.3 Å². The molecular weight excluding hydrogens is 331 g/mol. The molecule has 0 spiro atoms. The number of thiophene rings is 1. The second kappa shape index (κ2) is 5.97. The summed E-state index contributed by atoms with van der Waals surface area (Å²) in [7, 11) is 0. The fourth-order valence-corrected chi connectivity index (χ4v) is 2.94. The highest BCUT2D eigenvalue weighted by Crippen LogP contribution is 2.28. The zero-order valence-electron chi connectivity index (χ0n) is 10.9. The van der Waals surface area contributed by atoms with Crippen molar-refractivity contribution in [2.75, 3.05) is 5.32 Å². The number of rotatable bonds is 4. The van der Waals surface area contributed by atoms with E-state index in [4.69, 9.17) is 23.2 Å². The van der Waals surface area contributed by atoms with Crippen molar-refractivity contribution < 1.29 is 0 Å². The Morgan fingerprint density at radius 1 is 1.24 bits per heavy atom. The Hall–Kier alpha value is -1.70. The smallest absolute Gasteiger partial charge is 0.241 e. The van der Waals surface area contributed by atoms with Crippen LogP contribution >= 0.6 is 34.5 Å². The number of hydrogen-bond acceptors (Lipinski definition) is 6. The van der Waals surface area contributed by atoms with Crippen LogP contribution in [0.4, 0.5) is 5.95 Å². The predicted molar refractivity (Wildman–Crippen MR) is 83.3 cm³/mol. The molecule has 1 unspecified atom stereocenters. The standard InChI is InChI=1S/C12H10Cl2N6S/c1-7(8-2-3-9(13)21-8)16-11-17-10(14)18-12(19-11)20-5-4-15-6-20/h2-7H,1H3,(H,16,17,18,19). The minimum Gasteiger partial charge on any atom is -0.347 e. The van der Waals surface area contributed by atoms with Crippen LogP contribution in [0.1, 0.15) is 17.8 Å². The highest BCUT2D eigenvalue weighted by molar-refractivity contribution is 7.16. The van der Waals surface area contributed by atoms with Crippen LogP contribution in [-0.2, 0) is 0 Å². The zero-order valence-corrected chi connectivity index (χ0v) is 13.2. The van der Waals surface area contributed by atoms with Crippen molar-refractivity contribution in [1.29, 1.82) is 0 Å². The first-order valence-corrected chi connectivity index (χ1v) is 7.61. The summed E-state index contributed by atoms with van der Waals surface area (Å²) in [6, 6.07) is 3.83. The van der Waals surface area contributed by atoms with Crippen molar-refractivity contribution in [3.05, 3.63) is 45.4 Å². The molecule has 6 nitrogen and oxygen atoms in total. The lowest BCUT2D eigenvalue weighted by molar-refractivity contribution is 0.844. The van der Waals surface area contributed by atoms with Crippen LogP contribution < -0.4 is 5.32 Å². The molecule has 0 amide bonds. The van der Waals surface area contributed by atoms with Gasteiger partial charge in [-0.05, 0) is 30.7 Å². The Morgan fingerprint density at radius 3 is 2.76 bits per heavy atom. The molecule has 0 aliphatic heterocycles. The van der Waals surface area contributed by atoms with Crippen LogP contribution in [0.5, 0.6) is 0 Å². The molecule has 3 aromatic rings. The highest BCUT2D eigenvalue weighted by Gasteiger charge is 2.12. The number of imidazole rings is 1. The average molecular weight is 341 g/mol. The average Bonchev–Trinajstić information content (AvgIpc) is 3.08. The van der Waals surface area contributed by atoms with Crippen molar-refractivity contribution in [2.45, 2.75) is 13.0 Å². The first kappa shape index (κ1) is 14.2. The van der Waals surface area contributed by atoms with E-state index >= 15 is 0 Å². The first-order valence-electron chi connectivity index (χ1n) is 6.03.